The molecule has 0 saturated carbocycles. The zero-order chi connectivity index (χ0) is 12.5. The first-order valence-corrected chi connectivity index (χ1v) is 6.59. The average Bonchev–Trinajstić information content (AvgIpc) is 2.84. The number of aromatic amines is 1. The van der Waals surface area contributed by atoms with Crippen LogP contribution in [0.15, 0.2) is 24.4 Å². The summed E-state index contributed by atoms with van der Waals surface area (Å²) in [6.07, 6.45) is 3.97. The molecule has 1 aromatic carbocycles. The van der Waals surface area contributed by atoms with Gasteiger partial charge in [0.1, 0.15) is 0 Å². The van der Waals surface area contributed by atoms with Crippen LogP contribution in [0.4, 0.5) is 0 Å². The van der Waals surface area contributed by atoms with E-state index in [2.05, 4.69) is 23.3 Å². The molecule has 2 N–H and O–H groups in total. The molecular formula is C15H18N2O. The molecule has 0 aliphatic carbocycles. The first-order chi connectivity index (χ1) is 8.77. The number of ketones is 1. The van der Waals surface area contributed by atoms with Crippen LogP contribution < -0.4 is 5.32 Å². The van der Waals surface area contributed by atoms with E-state index in [9.17, 15) is 4.79 Å². The highest BCUT2D eigenvalue weighted by Crippen LogP contribution is 2.26. The highest BCUT2D eigenvalue weighted by atomic mass is 16.1. The van der Waals surface area contributed by atoms with Crippen LogP contribution >= 0.6 is 0 Å². The molecule has 1 fully saturated rings. The fourth-order valence-electron chi connectivity index (χ4n) is 2.86. The van der Waals surface area contributed by atoms with E-state index in [4.69, 9.17) is 0 Å². The van der Waals surface area contributed by atoms with E-state index in [1.807, 2.05) is 18.3 Å². The van der Waals surface area contributed by atoms with Gasteiger partial charge in [-0.3, -0.25) is 4.79 Å². The topological polar surface area (TPSA) is 44.9 Å². The molecule has 1 aromatic heterocycles. The zero-order valence-corrected chi connectivity index (χ0v) is 10.6. The Hall–Kier alpha value is -1.61. The number of fused-ring (bicyclic) bond motifs is 1. The molecule has 0 bridgehead atoms. The number of carbonyl (C=O) groups is 1. The largest absolute Gasteiger partial charge is 0.360 e. The van der Waals surface area contributed by atoms with Crippen molar-refractivity contribution in [3.05, 3.63) is 35.5 Å². The highest BCUT2D eigenvalue weighted by molar-refractivity contribution is 6.10. The minimum atomic E-state index is 0.136. The second-order valence-corrected chi connectivity index (χ2v) is 5.11. The van der Waals surface area contributed by atoms with Crippen molar-refractivity contribution in [1.29, 1.82) is 0 Å². The van der Waals surface area contributed by atoms with Gasteiger partial charge in [0.05, 0.1) is 0 Å². The summed E-state index contributed by atoms with van der Waals surface area (Å²) < 4.78 is 0. The maximum absolute atomic E-state index is 12.6. The third kappa shape index (κ3) is 1.85. The van der Waals surface area contributed by atoms with Crippen molar-refractivity contribution in [2.45, 2.75) is 19.8 Å². The Balaban J connectivity index is 2.01. The van der Waals surface area contributed by atoms with Crippen LogP contribution in [0, 0.1) is 12.8 Å². The van der Waals surface area contributed by atoms with E-state index in [1.54, 1.807) is 0 Å². The number of hydrogen-bond donors (Lipinski definition) is 2. The number of H-pyrrole nitrogens is 1. The van der Waals surface area contributed by atoms with Gasteiger partial charge in [0.15, 0.2) is 5.78 Å². The van der Waals surface area contributed by atoms with E-state index in [0.29, 0.717) is 0 Å². The Labute approximate surface area is 107 Å². The van der Waals surface area contributed by atoms with Gasteiger partial charge in [0.2, 0.25) is 0 Å². The van der Waals surface area contributed by atoms with Gasteiger partial charge < -0.3 is 10.3 Å². The third-order valence-corrected chi connectivity index (χ3v) is 3.85. The molecule has 2 heterocycles. The molecule has 3 nitrogen and oxygen atoms in total. The van der Waals surface area contributed by atoms with E-state index in [1.165, 1.54) is 5.56 Å². The Kier molecular flexibility index (Phi) is 2.92. The van der Waals surface area contributed by atoms with Crippen LogP contribution in [0.2, 0.25) is 0 Å². The Morgan fingerprint density at radius 3 is 3.06 bits per heavy atom. The molecule has 0 spiro atoms. The SMILES string of the molecule is Cc1cccc2[nH]cc(C(=O)C3CCCNC3)c12. The monoisotopic (exact) mass is 242 g/mol. The molecule has 3 rings (SSSR count). The van der Waals surface area contributed by atoms with Gasteiger partial charge in [-0.2, -0.15) is 0 Å². The quantitative estimate of drug-likeness (QED) is 0.795. The minimum Gasteiger partial charge on any atom is -0.360 e. The van der Waals surface area contributed by atoms with Crippen LogP contribution in [0.5, 0.6) is 0 Å². The van der Waals surface area contributed by atoms with Crippen molar-refractivity contribution in [1.82, 2.24) is 10.3 Å². The van der Waals surface area contributed by atoms with Gasteiger partial charge in [-0.05, 0) is 37.9 Å². The normalized spacial score (nSPS) is 20.2. The first-order valence-electron chi connectivity index (χ1n) is 6.59. The maximum atomic E-state index is 12.6. The molecule has 94 valence electrons. The van der Waals surface area contributed by atoms with Crippen molar-refractivity contribution in [2.24, 2.45) is 5.92 Å². The van der Waals surface area contributed by atoms with Crippen molar-refractivity contribution in [2.75, 3.05) is 13.1 Å². The summed E-state index contributed by atoms with van der Waals surface area (Å²) in [6, 6.07) is 6.11. The van der Waals surface area contributed by atoms with Crippen LogP contribution in [-0.2, 0) is 0 Å². The summed E-state index contributed by atoms with van der Waals surface area (Å²) in [4.78, 5) is 15.8. The lowest BCUT2D eigenvalue weighted by atomic mass is 9.90. The number of hydrogen-bond acceptors (Lipinski definition) is 2. The summed E-state index contributed by atoms with van der Waals surface area (Å²) >= 11 is 0. The zero-order valence-electron chi connectivity index (χ0n) is 10.6. The Bertz CT molecular complexity index is 579. The third-order valence-electron chi connectivity index (χ3n) is 3.85. The number of aryl methyl sites for hydroxylation is 1. The molecule has 1 aliphatic rings. The number of benzene rings is 1. The number of carbonyl (C=O) groups excluding carboxylic acids is 1. The van der Waals surface area contributed by atoms with Crippen molar-refractivity contribution in [3.63, 3.8) is 0 Å². The van der Waals surface area contributed by atoms with Gasteiger partial charge >= 0.3 is 0 Å². The second-order valence-electron chi connectivity index (χ2n) is 5.11. The van der Waals surface area contributed by atoms with Gasteiger partial charge in [0.25, 0.3) is 0 Å². The Morgan fingerprint density at radius 1 is 1.39 bits per heavy atom. The molecule has 1 saturated heterocycles. The summed E-state index contributed by atoms with van der Waals surface area (Å²) in [5, 5.41) is 4.40. The lowest BCUT2D eigenvalue weighted by molar-refractivity contribution is 0.0901. The number of Topliss-reactive ketones (excluding diaryl/α,β-unsaturated/α-hetero) is 1. The lowest BCUT2D eigenvalue weighted by Crippen LogP contribution is -2.34. The Morgan fingerprint density at radius 2 is 2.28 bits per heavy atom. The molecule has 0 amide bonds. The van der Waals surface area contributed by atoms with E-state index >= 15 is 0 Å². The standard InChI is InChI=1S/C15H18N2O/c1-10-4-2-6-13-14(10)12(9-17-13)15(18)11-5-3-7-16-8-11/h2,4,6,9,11,16-17H,3,5,7-8H2,1H3. The van der Waals surface area contributed by atoms with Crippen LogP contribution in [-0.4, -0.2) is 23.9 Å². The van der Waals surface area contributed by atoms with Gasteiger partial charge in [-0.1, -0.05) is 12.1 Å². The van der Waals surface area contributed by atoms with Crippen LogP contribution in [0.3, 0.4) is 0 Å². The smallest absolute Gasteiger partial charge is 0.169 e. The predicted octanol–water partition coefficient (Wildman–Crippen LogP) is 2.66. The number of nitrogens with one attached hydrogen (secondary N) is 2. The van der Waals surface area contributed by atoms with Crippen molar-refractivity contribution in [3.8, 4) is 0 Å². The van der Waals surface area contributed by atoms with Crippen LogP contribution in [0.1, 0.15) is 28.8 Å². The summed E-state index contributed by atoms with van der Waals surface area (Å²) in [7, 11) is 0. The average molecular weight is 242 g/mol. The molecular weight excluding hydrogens is 224 g/mol. The number of aromatic nitrogens is 1. The van der Waals surface area contributed by atoms with E-state index < -0.39 is 0 Å². The molecule has 3 heteroatoms. The summed E-state index contributed by atoms with van der Waals surface area (Å²) in [6.45, 7) is 3.92. The molecule has 1 atom stereocenters. The molecule has 1 unspecified atom stereocenters. The summed E-state index contributed by atoms with van der Waals surface area (Å²) in [5.41, 5.74) is 3.08. The molecule has 2 aromatic rings. The second kappa shape index (κ2) is 4.58. The predicted molar refractivity (Wildman–Crippen MR) is 73.0 cm³/mol. The lowest BCUT2D eigenvalue weighted by Gasteiger charge is -2.21. The van der Waals surface area contributed by atoms with Gasteiger partial charge in [-0.15, -0.1) is 0 Å². The van der Waals surface area contributed by atoms with Gasteiger partial charge in [0, 0.05) is 35.1 Å². The maximum Gasteiger partial charge on any atom is 0.169 e. The first kappa shape index (κ1) is 11.5. The van der Waals surface area contributed by atoms with E-state index in [0.717, 1.165) is 42.4 Å². The van der Waals surface area contributed by atoms with Crippen molar-refractivity contribution >= 4 is 16.7 Å². The van der Waals surface area contributed by atoms with Gasteiger partial charge in [-0.25, -0.2) is 0 Å². The van der Waals surface area contributed by atoms with Crippen molar-refractivity contribution < 1.29 is 4.79 Å². The fourth-order valence-corrected chi connectivity index (χ4v) is 2.86. The molecule has 1 aliphatic heterocycles. The summed E-state index contributed by atoms with van der Waals surface area (Å²) in [5.74, 6) is 0.417. The number of piperidine rings is 1. The molecule has 0 radical (unpaired) electrons. The number of rotatable bonds is 2. The van der Waals surface area contributed by atoms with Crippen LogP contribution in [0.25, 0.3) is 10.9 Å². The molecule has 18 heavy (non-hydrogen) atoms. The minimum absolute atomic E-state index is 0.136. The fraction of sp³-hybridized carbons (Fsp3) is 0.400. The highest BCUT2D eigenvalue weighted by Gasteiger charge is 2.24. The van der Waals surface area contributed by atoms with E-state index in [-0.39, 0.29) is 11.7 Å².